The zero-order valence-electron chi connectivity index (χ0n) is 4.33. The van der Waals surface area contributed by atoms with Crippen molar-refractivity contribution in [3.05, 3.63) is 5.75 Å². The number of carbonyl (C=O) groups is 2. The van der Waals surface area contributed by atoms with E-state index in [1.807, 2.05) is 5.32 Å². The number of cyclic esters (lactones) is 1. The maximum atomic E-state index is 10.5. The molecule has 4 nitrogen and oxygen atoms in total. The molecule has 0 radical (unpaired) electrons. The molecule has 0 aromatic rings. The molecular weight excluding hydrogens is 142 g/mol. The maximum absolute atomic E-state index is 10.5. The number of hydrogen-bond acceptors (Lipinski definition) is 4. The monoisotopic (exact) mass is 146 g/mol. The fourth-order valence-corrected chi connectivity index (χ4v) is 0.664. The van der Waals surface area contributed by atoms with E-state index in [-0.39, 0.29) is 0 Å². The molecule has 1 atom stereocenters. The van der Waals surface area contributed by atoms with E-state index in [9.17, 15) is 9.59 Å². The van der Waals surface area contributed by atoms with Crippen LogP contribution < -0.4 is 5.32 Å². The summed E-state index contributed by atoms with van der Waals surface area (Å²) < 4.78 is 4.39. The Bertz CT molecular complexity index is 158. The molecule has 1 aliphatic rings. The number of imide groups is 1. The van der Waals surface area contributed by atoms with Gasteiger partial charge in [0, 0.05) is 0 Å². The van der Waals surface area contributed by atoms with Crippen molar-refractivity contribution in [3.8, 4) is 0 Å². The highest BCUT2D eigenvalue weighted by atomic mass is 32.1. The van der Waals surface area contributed by atoms with Crippen molar-refractivity contribution in [2.75, 3.05) is 0 Å². The number of carbonyl (C=O) groups excluding carboxylic acids is 2. The molecule has 1 saturated heterocycles. The van der Waals surface area contributed by atoms with E-state index in [2.05, 4.69) is 17.4 Å². The highest BCUT2D eigenvalue weighted by Gasteiger charge is 2.24. The molecule has 0 saturated carbocycles. The molecule has 1 N–H and O–H groups in total. The SMILES string of the molecule is O=C1NC(=O)C([CH-]S)O1. The highest BCUT2D eigenvalue weighted by Crippen LogP contribution is 2.06. The molecule has 5 heteroatoms. The van der Waals surface area contributed by atoms with Gasteiger partial charge in [0.25, 0.3) is 0 Å². The zero-order chi connectivity index (χ0) is 6.85. The smallest absolute Gasteiger partial charge is 0.412 e. The Kier molecular flexibility index (Phi) is 1.61. The van der Waals surface area contributed by atoms with E-state index in [0.29, 0.717) is 0 Å². The number of amides is 2. The van der Waals surface area contributed by atoms with E-state index in [0.717, 1.165) is 0 Å². The van der Waals surface area contributed by atoms with Crippen molar-refractivity contribution in [2.24, 2.45) is 0 Å². The van der Waals surface area contributed by atoms with Gasteiger partial charge in [-0.3, -0.25) is 10.1 Å². The molecule has 0 aromatic heterocycles. The van der Waals surface area contributed by atoms with Crippen molar-refractivity contribution in [2.45, 2.75) is 6.10 Å². The van der Waals surface area contributed by atoms with Crippen LogP contribution in [0.2, 0.25) is 0 Å². The average molecular weight is 146 g/mol. The molecule has 1 unspecified atom stereocenters. The lowest BCUT2D eigenvalue weighted by atomic mass is 10.4. The van der Waals surface area contributed by atoms with Gasteiger partial charge in [-0.05, 0) is 0 Å². The van der Waals surface area contributed by atoms with Crippen LogP contribution in [-0.2, 0) is 9.53 Å². The van der Waals surface area contributed by atoms with Crippen molar-refractivity contribution in [1.82, 2.24) is 5.32 Å². The van der Waals surface area contributed by atoms with Gasteiger partial charge in [0.15, 0.2) is 0 Å². The van der Waals surface area contributed by atoms with Gasteiger partial charge >= 0.3 is 6.09 Å². The molecule has 9 heavy (non-hydrogen) atoms. The lowest BCUT2D eigenvalue weighted by Gasteiger charge is -2.08. The summed E-state index contributed by atoms with van der Waals surface area (Å²) in [5, 5.41) is 1.94. The van der Waals surface area contributed by atoms with E-state index < -0.39 is 18.1 Å². The van der Waals surface area contributed by atoms with Gasteiger partial charge in [0.05, 0.1) is 6.10 Å². The minimum absolute atomic E-state index is 0.463. The molecule has 0 aromatic carbocycles. The third-order valence-corrected chi connectivity index (χ3v) is 1.12. The maximum Gasteiger partial charge on any atom is 0.412 e. The standard InChI is InChI=1S/C4H4NO3S/c6-3-2(1-9)8-4(7)5-3/h1-2,9H,(H,5,6,7)/q-1. The Morgan fingerprint density at radius 3 is 2.56 bits per heavy atom. The Morgan fingerprint density at radius 1 is 1.67 bits per heavy atom. The first-order chi connectivity index (χ1) is 4.24. The van der Waals surface area contributed by atoms with Gasteiger partial charge in [-0.25, -0.2) is 10.5 Å². The molecule has 1 fully saturated rings. The minimum atomic E-state index is -0.819. The molecular formula is C4H4NO3S-. The van der Waals surface area contributed by atoms with Crippen LogP contribution >= 0.6 is 12.6 Å². The van der Waals surface area contributed by atoms with Crippen molar-refractivity contribution in [1.29, 1.82) is 0 Å². The Hall–Kier alpha value is -0.710. The summed E-state index contributed by atoms with van der Waals surface area (Å²) in [6.07, 6.45) is -1.53. The second-order valence-corrected chi connectivity index (χ2v) is 1.76. The second kappa shape index (κ2) is 2.26. The molecule has 1 aliphatic heterocycles. The van der Waals surface area contributed by atoms with Gasteiger partial charge in [-0.1, -0.05) is 0 Å². The number of ether oxygens (including phenoxy) is 1. The van der Waals surface area contributed by atoms with Crippen LogP contribution in [0, 0.1) is 5.75 Å². The number of rotatable bonds is 1. The van der Waals surface area contributed by atoms with E-state index >= 15 is 0 Å². The van der Waals surface area contributed by atoms with Crippen LogP contribution in [0.4, 0.5) is 4.79 Å². The summed E-state index contributed by atoms with van der Waals surface area (Å²) in [7, 11) is 0. The summed E-state index contributed by atoms with van der Waals surface area (Å²) >= 11 is 3.65. The molecule has 2 amide bonds. The number of nitrogens with one attached hydrogen (secondary N) is 1. The fraction of sp³-hybridized carbons (Fsp3) is 0.250. The Balaban J connectivity index is 2.58. The summed E-state index contributed by atoms with van der Waals surface area (Å²) in [4.78, 5) is 20.7. The van der Waals surface area contributed by atoms with Crippen LogP contribution in [-0.4, -0.2) is 18.1 Å². The third-order valence-electron chi connectivity index (χ3n) is 0.853. The van der Waals surface area contributed by atoms with Gasteiger partial charge in [0.2, 0.25) is 5.91 Å². The molecule has 0 aliphatic carbocycles. The summed E-state index contributed by atoms with van der Waals surface area (Å²) in [6.45, 7) is 0. The first-order valence-corrected chi connectivity index (χ1v) is 2.74. The molecule has 50 valence electrons. The zero-order valence-corrected chi connectivity index (χ0v) is 5.22. The number of hydrogen-bond donors (Lipinski definition) is 2. The molecule has 1 heterocycles. The van der Waals surface area contributed by atoms with Gasteiger partial charge in [0.1, 0.15) is 0 Å². The summed E-state index contributed by atoms with van der Waals surface area (Å²) in [5.74, 6) is 0.746. The van der Waals surface area contributed by atoms with E-state index in [4.69, 9.17) is 0 Å². The first kappa shape index (κ1) is 6.41. The summed E-state index contributed by atoms with van der Waals surface area (Å²) in [6, 6.07) is 0. The van der Waals surface area contributed by atoms with Crippen LogP contribution in [0.3, 0.4) is 0 Å². The van der Waals surface area contributed by atoms with Crippen molar-refractivity contribution < 1.29 is 14.3 Å². The molecule has 0 spiro atoms. The number of thiol groups is 1. The van der Waals surface area contributed by atoms with Gasteiger partial charge in [-0.2, -0.15) is 0 Å². The fourth-order valence-electron chi connectivity index (χ4n) is 0.468. The Labute approximate surface area is 57.0 Å². The second-order valence-electron chi connectivity index (χ2n) is 1.46. The first-order valence-electron chi connectivity index (χ1n) is 2.23. The third kappa shape index (κ3) is 1.16. The van der Waals surface area contributed by atoms with E-state index in [1.54, 1.807) is 0 Å². The summed E-state index contributed by atoms with van der Waals surface area (Å²) in [5.41, 5.74) is 0. The molecule has 0 bridgehead atoms. The van der Waals surface area contributed by atoms with E-state index in [1.165, 1.54) is 5.75 Å². The lowest BCUT2D eigenvalue weighted by molar-refractivity contribution is -0.122. The average Bonchev–Trinajstić information content (AvgIpc) is 2.10. The largest absolute Gasteiger partial charge is 0.468 e. The van der Waals surface area contributed by atoms with Gasteiger partial charge < -0.3 is 17.4 Å². The minimum Gasteiger partial charge on any atom is -0.468 e. The lowest BCUT2D eigenvalue weighted by Crippen LogP contribution is -2.23. The van der Waals surface area contributed by atoms with Crippen LogP contribution in [0.25, 0.3) is 0 Å². The predicted octanol–water partition coefficient (Wildman–Crippen LogP) is -0.287. The van der Waals surface area contributed by atoms with Gasteiger partial charge in [-0.15, -0.1) is 0 Å². The molecule has 1 rings (SSSR count). The van der Waals surface area contributed by atoms with Crippen molar-refractivity contribution in [3.63, 3.8) is 0 Å². The quantitative estimate of drug-likeness (QED) is 0.395. The van der Waals surface area contributed by atoms with Crippen molar-refractivity contribution >= 4 is 24.6 Å². The van der Waals surface area contributed by atoms with Crippen LogP contribution in [0.5, 0.6) is 0 Å². The Morgan fingerprint density at radius 2 is 2.33 bits per heavy atom. The van der Waals surface area contributed by atoms with Crippen LogP contribution in [0.1, 0.15) is 0 Å². The normalized spacial score (nSPS) is 25.7. The van der Waals surface area contributed by atoms with Crippen LogP contribution in [0.15, 0.2) is 0 Å². The highest BCUT2D eigenvalue weighted by molar-refractivity contribution is 7.82. The predicted molar refractivity (Wildman–Crippen MR) is 31.7 cm³/mol. The number of alkyl carbamates (subject to hydrolysis) is 1. The topological polar surface area (TPSA) is 55.4 Å².